The lowest BCUT2D eigenvalue weighted by molar-refractivity contribution is -0.113. The molecule has 26 heavy (non-hydrogen) atoms. The smallest absolute Gasteiger partial charge is 0.319 e. The third-order valence-corrected chi connectivity index (χ3v) is 4.82. The van der Waals surface area contributed by atoms with Crippen LogP contribution < -0.4 is 16.0 Å². The number of rotatable bonds is 3. The largest absolute Gasteiger partial charge is 0.327 e. The molecule has 3 N–H and O–H groups in total. The molecule has 0 fully saturated rings. The highest BCUT2D eigenvalue weighted by atomic mass is 79.9. The Morgan fingerprint density at radius 1 is 1.12 bits per heavy atom. The van der Waals surface area contributed by atoms with Gasteiger partial charge in [-0.2, -0.15) is 0 Å². The van der Waals surface area contributed by atoms with Gasteiger partial charge in [-0.05, 0) is 50.1 Å². The second-order valence-electron chi connectivity index (χ2n) is 6.40. The summed E-state index contributed by atoms with van der Waals surface area (Å²) >= 11 is 3.44. The molecular weight excluding hydrogens is 394 g/mol. The first-order valence-electron chi connectivity index (χ1n) is 8.27. The van der Waals surface area contributed by atoms with Crippen molar-refractivity contribution in [3.05, 3.63) is 74.9 Å². The Balaban J connectivity index is 1.97. The number of anilines is 1. The van der Waals surface area contributed by atoms with Crippen molar-refractivity contribution >= 4 is 33.6 Å². The number of amides is 3. The van der Waals surface area contributed by atoms with E-state index in [0.29, 0.717) is 11.3 Å². The van der Waals surface area contributed by atoms with Crippen molar-refractivity contribution < 1.29 is 9.59 Å². The first-order chi connectivity index (χ1) is 12.3. The van der Waals surface area contributed by atoms with Gasteiger partial charge in [-0.1, -0.05) is 45.8 Å². The van der Waals surface area contributed by atoms with Crippen LogP contribution in [0.1, 0.15) is 29.7 Å². The summed E-state index contributed by atoms with van der Waals surface area (Å²) in [5, 5.41) is 8.50. The van der Waals surface area contributed by atoms with Crippen molar-refractivity contribution in [2.45, 2.75) is 26.8 Å². The lowest BCUT2D eigenvalue weighted by atomic mass is 9.94. The van der Waals surface area contributed by atoms with Gasteiger partial charge in [0.15, 0.2) is 0 Å². The Morgan fingerprint density at radius 3 is 2.58 bits per heavy atom. The molecule has 1 heterocycles. The number of urea groups is 1. The van der Waals surface area contributed by atoms with Gasteiger partial charge in [-0.15, -0.1) is 0 Å². The molecule has 3 rings (SSSR count). The molecule has 0 spiro atoms. The minimum atomic E-state index is -0.521. The molecule has 6 heteroatoms. The van der Waals surface area contributed by atoms with Gasteiger partial charge in [0.2, 0.25) is 0 Å². The summed E-state index contributed by atoms with van der Waals surface area (Å²) in [5.74, 6) is -0.244. The number of halogens is 1. The number of hydrogen-bond donors (Lipinski definition) is 3. The normalized spacial score (nSPS) is 16.8. The van der Waals surface area contributed by atoms with Crippen LogP contribution in [0.4, 0.5) is 10.5 Å². The summed E-state index contributed by atoms with van der Waals surface area (Å²) in [5.41, 5.74) is 4.74. The third-order valence-electron chi connectivity index (χ3n) is 4.33. The van der Waals surface area contributed by atoms with E-state index >= 15 is 0 Å². The van der Waals surface area contributed by atoms with Gasteiger partial charge in [-0.25, -0.2) is 4.79 Å². The van der Waals surface area contributed by atoms with E-state index in [1.807, 2.05) is 56.3 Å². The Bertz CT molecular complexity index is 921. The summed E-state index contributed by atoms with van der Waals surface area (Å²) in [6.07, 6.45) is 0. The van der Waals surface area contributed by atoms with Crippen LogP contribution in [-0.4, -0.2) is 11.9 Å². The molecule has 0 saturated carbocycles. The highest BCUT2D eigenvalue weighted by molar-refractivity contribution is 9.10. The molecule has 0 radical (unpaired) electrons. The molecule has 1 aliphatic rings. The number of carbonyl (C=O) groups is 2. The average Bonchev–Trinajstić information content (AvgIpc) is 2.56. The molecule has 0 aliphatic carbocycles. The number of allylic oxidation sites excluding steroid dienone is 1. The molecule has 0 saturated heterocycles. The van der Waals surface area contributed by atoms with Gasteiger partial charge in [-0.3, -0.25) is 4.79 Å². The summed E-state index contributed by atoms with van der Waals surface area (Å²) in [4.78, 5) is 25.0. The van der Waals surface area contributed by atoms with E-state index in [-0.39, 0.29) is 11.9 Å². The van der Waals surface area contributed by atoms with Crippen molar-refractivity contribution in [2.24, 2.45) is 0 Å². The molecule has 2 aromatic rings. The maximum Gasteiger partial charge on any atom is 0.319 e. The number of benzene rings is 2. The van der Waals surface area contributed by atoms with Crippen molar-refractivity contribution in [3.8, 4) is 0 Å². The summed E-state index contributed by atoms with van der Waals surface area (Å²) in [7, 11) is 0. The molecule has 1 atom stereocenters. The van der Waals surface area contributed by atoms with Crippen molar-refractivity contribution in [1.82, 2.24) is 10.6 Å². The Labute approximate surface area is 161 Å². The zero-order valence-corrected chi connectivity index (χ0v) is 16.4. The topological polar surface area (TPSA) is 70.2 Å². The van der Waals surface area contributed by atoms with Gasteiger partial charge in [0.05, 0.1) is 11.6 Å². The monoisotopic (exact) mass is 413 g/mol. The molecule has 0 aromatic heterocycles. The molecular formula is C20H20BrN3O2. The standard InChI is InChI=1S/C20H20BrN3O2/c1-11-7-8-16(12(2)9-11)23-19(25)17-13(3)22-20(26)24-18(17)14-5-4-6-15(21)10-14/h4-10,18H,1-3H3,(H,23,25)(H2,22,24,26). The van der Waals surface area contributed by atoms with Gasteiger partial charge >= 0.3 is 6.03 Å². The van der Waals surface area contributed by atoms with Gasteiger partial charge in [0.1, 0.15) is 0 Å². The van der Waals surface area contributed by atoms with E-state index in [1.54, 1.807) is 6.92 Å². The van der Waals surface area contributed by atoms with E-state index in [4.69, 9.17) is 0 Å². The number of aryl methyl sites for hydroxylation is 2. The van der Waals surface area contributed by atoms with Gasteiger partial charge in [0, 0.05) is 15.9 Å². The average molecular weight is 414 g/mol. The maximum absolute atomic E-state index is 13.0. The van der Waals surface area contributed by atoms with E-state index in [0.717, 1.165) is 26.9 Å². The molecule has 3 amide bonds. The van der Waals surface area contributed by atoms with Crippen LogP contribution in [0.15, 0.2) is 58.2 Å². The number of hydrogen-bond acceptors (Lipinski definition) is 2. The molecule has 1 aliphatic heterocycles. The minimum Gasteiger partial charge on any atom is -0.327 e. The van der Waals surface area contributed by atoms with Gasteiger partial charge < -0.3 is 16.0 Å². The second kappa shape index (κ2) is 7.33. The minimum absolute atomic E-state index is 0.244. The Morgan fingerprint density at radius 2 is 1.88 bits per heavy atom. The van der Waals surface area contributed by atoms with E-state index in [1.165, 1.54) is 0 Å². The second-order valence-corrected chi connectivity index (χ2v) is 7.31. The third kappa shape index (κ3) is 3.80. The molecule has 1 unspecified atom stereocenters. The summed E-state index contributed by atoms with van der Waals surface area (Å²) < 4.78 is 0.884. The van der Waals surface area contributed by atoms with Gasteiger partial charge in [0.25, 0.3) is 5.91 Å². The highest BCUT2D eigenvalue weighted by Gasteiger charge is 2.31. The van der Waals surface area contributed by atoms with Crippen LogP contribution in [0.3, 0.4) is 0 Å². The maximum atomic E-state index is 13.0. The Hall–Kier alpha value is -2.60. The zero-order valence-electron chi connectivity index (χ0n) is 14.8. The van der Waals surface area contributed by atoms with E-state index in [2.05, 4.69) is 31.9 Å². The van der Waals surface area contributed by atoms with Crippen LogP contribution in [0.2, 0.25) is 0 Å². The zero-order chi connectivity index (χ0) is 18.8. The SMILES string of the molecule is CC1=C(C(=O)Nc2ccc(C)cc2C)C(c2cccc(Br)c2)NC(=O)N1. The number of carbonyl (C=O) groups excluding carboxylic acids is 2. The predicted octanol–water partition coefficient (Wildman–Crippen LogP) is 4.33. The van der Waals surface area contributed by atoms with Crippen molar-refractivity contribution in [2.75, 3.05) is 5.32 Å². The van der Waals surface area contributed by atoms with Crippen molar-refractivity contribution in [1.29, 1.82) is 0 Å². The molecule has 2 aromatic carbocycles. The van der Waals surface area contributed by atoms with Crippen LogP contribution in [0, 0.1) is 13.8 Å². The molecule has 0 bridgehead atoms. The quantitative estimate of drug-likeness (QED) is 0.700. The fourth-order valence-electron chi connectivity index (χ4n) is 3.07. The lowest BCUT2D eigenvalue weighted by Crippen LogP contribution is -2.46. The highest BCUT2D eigenvalue weighted by Crippen LogP contribution is 2.29. The Kier molecular flexibility index (Phi) is 5.13. The lowest BCUT2D eigenvalue weighted by Gasteiger charge is -2.29. The molecule has 5 nitrogen and oxygen atoms in total. The van der Waals surface area contributed by atoms with E-state index in [9.17, 15) is 9.59 Å². The first kappa shape index (κ1) is 18.2. The fourth-order valence-corrected chi connectivity index (χ4v) is 3.49. The number of nitrogens with one attached hydrogen (secondary N) is 3. The molecule has 134 valence electrons. The van der Waals surface area contributed by atoms with Crippen LogP contribution in [0.5, 0.6) is 0 Å². The van der Waals surface area contributed by atoms with Crippen molar-refractivity contribution in [3.63, 3.8) is 0 Å². The van der Waals surface area contributed by atoms with Crippen LogP contribution in [-0.2, 0) is 4.79 Å². The summed E-state index contributed by atoms with van der Waals surface area (Å²) in [6.45, 7) is 5.70. The van der Waals surface area contributed by atoms with Crippen LogP contribution >= 0.6 is 15.9 Å². The van der Waals surface area contributed by atoms with E-state index < -0.39 is 6.04 Å². The predicted molar refractivity (Wildman–Crippen MR) is 106 cm³/mol. The first-order valence-corrected chi connectivity index (χ1v) is 9.07. The van der Waals surface area contributed by atoms with Crippen LogP contribution in [0.25, 0.3) is 0 Å². The fraction of sp³-hybridized carbons (Fsp3) is 0.200. The summed E-state index contributed by atoms with van der Waals surface area (Å²) in [6, 6.07) is 12.6.